The molecule has 0 fully saturated rings. The average molecular weight is 537 g/mol. The second-order valence-corrected chi connectivity index (χ2v) is 9.23. The lowest BCUT2D eigenvalue weighted by atomic mass is 10.0. The maximum Gasteiger partial charge on any atom is 0.341 e. The molecular formula is C24H23BrClNO4S. The summed E-state index contributed by atoms with van der Waals surface area (Å²) >= 11 is 11.0. The summed E-state index contributed by atoms with van der Waals surface area (Å²) in [5.74, 6) is -0.374. The molecule has 2 aromatic carbocycles. The molecule has 0 bridgehead atoms. The summed E-state index contributed by atoms with van der Waals surface area (Å²) in [5, 5.41) is 5.69. The van der Waals surface area contributed by atoms with Gasteiger partial charge < -0.3 is 14.8 Å². The lowest BCUT2D eigenvalue weighted by molar-refractivity contribution is -0.118. The van der Waals surface area contributed by atoms with E-state index in [-0.39, 0.29) is 12.5 Å². The zero-order valence-electron chi connectivity index (χ0n) is 18.2. The van der Waals surface area contributed by atoms with Gasteiger partial charge in [0.25, 0.3) is 5.91 Å². The van der Waals surface area contributed by atoms with Gasteiger partial charge in [-0.2, -0.15) is 0 Å². The predicted octanol–water partition coefficient (Wildman–Crippen LogP) is 6.81. The van der Waals surface area contributed by atoms with E-state index in [1.165, 1.54) is 24.0 Å². The Bertz CT molecular complexity index is 1160. The van der Waals surface area contributed by atoms with E-state index in [1.807, 2.05) is 43.5 Å². The van der Waals surface area contributed by atoms with Crippen LogP contribution in [0.3, 0.4) is 0 Å². The van der Waals surface area contributed by atoms with Crippen molar-refractivity contribution >= 4 is 55.7 Å². The van der Waals surface area contributed by atoms with E-state index in [4.69, 9.17) is 21.1 Å². The Balaban J connectivity index is 1.80. The summed E-state index contributed by atoms with van der Waals surface area (Å²) in [6.07, 6.45) is 0.928. The zero-order valence-corrected chi connectivity index (χ0v) is 21.3. The molecule has 0 saturated heterocycles. The summed E-state index contributed by atoms with van der Waals surface area (Å²) in [4.78, 5) is 25.1. The van der Waals surface area contributed by atoms with Crippen molar-refractivity contribution in [1.82, 2.24) is 0 Å². The van der Waals surface area contributed by atoms with Crippen LogP contribution in [0.1, 0.15) is 34.0 Å². The van der Waals surface area contributed by atoms with Crippen LogP contribution in [0.2, 0.25) is 5.02 Å². The molecule has 0 aliphatic carbocycles. The van der Waals surface area contributed by atoms with Crippen LogP contribution in [0, 0.1) is 13.8 Å². The van der Waals surface area contributed by atoms with Gasteiger partial charge >= 0.3 is 5.97 Å². The number of anilines is 1. The molecule has 32 heavy (non-hydrogen) atoms. The molecule has 0 saturated carbocycles. The molecule has 0 atom stereocenters. The van der Waals surface area contributed by atoms with Gasteiger partial charge in [-0.05, 0) is 64.5 Å². The number of esters is 1. The van der Waals surface area contributed by atoms with Gasteiger partial charge in [-0.15, -0.1) is 11.3 Å². The standard InChI is InChI=1S/C24H23BrClNO4S/c1-5-15-6-8-16(9-7-15)17-12-32-23(20(17)24(29)30-4)27-19(28)11-31-18-10-13(2)22(26)14(3)21(18)25/h6-10,12H,5,11H2,1-4H3,(H,27,28). The quantitative estimate of drug-likeness (QED) is 0.337. The molecule has 1 aromatic heterocycles. The molecule has 3 aromatic rings. The summed E-state index contributed by atoms with van der Waals surface area (Å²) in [7, 11) is 1.32. The SMILES string of the molecule is CCc1ccc(-c2csc(NC(=O)COc3cc(C)c(Cl)c(C)c3Br)c2C(=O)OC)cc1. The van der Waals surface area contributed by atoms with Crippen LogP contribution in [-0.4, -0.2) is 25.6 Å². The summed E-state index contributed by atoms with van der Waals surface area (Å²) in [6.45, 7) is 5.60. The lowest BCUT2D eigenvalue weighted by Gasteiger charge is -2.13. The van der Waals surface area contributed by atoms with Crippen molar-refractivity contribution in [1.29, 1.82) is 0 Å². The monoisotopic (exact) mass is 535 g/mol. The summed E-state index contributed by atoms with van der Waals surface area (Å²) in [6, 6.07) is 9.74. The van der Waals surface area contributed by atoms with Crippen molar-refractivity contribution in [3.05, 3.63) is 67.5 Å². The van der Waals surface area contributed by atoms with Crippen LogP contribution >= 0.6 is 38.9 Å². The Kier molecular flexibility index (Phi) is 7.98. The van der Waals surface area contributed by atoms with Crippen molar-refractivity contribution in [3.63, 3.8) is 0 Å². The Morgan fingerprint density at radius 1 is 1.19 bits per heavy atom. The maximum absolute atomic E-state index is 12.6. The van der Waals surface area contributed by atoms with Crippen LogP contribution in [-0.2, 0) is 16.0 Å². The molecule has 0 aliphatic heterocycles. The highest BCUT2D eigenvalue weighted by Gasteiger charge is 2.23. The van der Waals surface area contributed by atoms with Crippen molar-refractivity contribution in [2.45, 2.75) is 27.2 Å². The number of ether oxygens (including phenoxy) is 2. The highest BCUT2D eigenvalue weighted by atomic mass is 79.9. The highest BCUT2D eigenvalue weighted by Crippen LogP contribution is 2.37. The number of carbonyl (C=O) groups excluding carboxylic acids is 2. The molecule has 1 N–H and O–H groups in total. The first kappa shape index (κ1) is 24.3. The smallest absolute Gasteiger partial charge is 0.341 e. The Morgan fingerprint density at radius 2 is 1.88 bits per heavy atom. The third-order valence-corrected chi connectivity index (χ3v) is 7.50. The number of rotatable bonds is 7. The zero-order chi connectivity index (χ0) is 23.4. The Hall–Kier alpha value is -2.35. The van der Waals surface area contributed by atoms with E-state index in [0.717, 1.165) is 23.1 Å². The summed E-state index contributed by atoms with van der Waals surface area (Å²) in [5.41, 5.74) is 4.82. The van der Waals surface area contributed by atoms with E-state index in [9.17, 15) is 9.59 Å². The van der Waals surface area contributed by atoms with Gasteiger partial charge in [0, 0.05) is 16.0 Å². The normalized spacial score (nSPS) is 10.7. The van der Waals surface area contributed by atoms with E-state index >= 15 is 0 Å². The van der Waals surface area contributed by atoms with E-state index < -0.39 is 5.97 Å². The third kappa shape index (κ3) is 5.17. The number of hydrogen-bond acceptors (Lipinski definition) is 5. The number of thiophene rings is 1. The van der Waals surface area contributed by atoms with Gasteiger partial charge in [-0.3, -0.25) is 4.79 Å². The van der Waals surface area contributed by atoms with Crippen LogP contribution in [0.4, 0.5) is 5.00 Å². The van der Waals surface area contributed by atoms with Crippen LogP contribution in [0.25, 0.3) is 11.1 Å². The van der Waals surface area contributed by atoms with Crippen molar-refractivity contribution in [3.8, 4) is 16.9 Å². The average Bonchev–Trinajstić information content (AvgIpc) is 3.21. The van der Waals surface area contributed by atoms with Gasteiger partial charge in [0.2, 0.25) is 0 Å². The van der Waals surface area contributed by atoms with E-state index in [0.29, 0.717) is 31.4 Å². The first-order valence-electron chi connectivity index (χ1n) is 9.93. The van der Waals surface area contributed by atoms with Crippen molar-refractivity contribution in [2.75, 3.05) is 19.0 Å². The molecule has 0 aliphatic rings. The number of benzene rings is 2. The number of aryl methyl sites for hydroxylation is 2. The molecule has 3 rings (SSSR count). The molecule has 0 spiro atoms. The van der Waals surface area contributed by atoms with Gasteiger partial charge in [-0.25, -0.2) is 4.79 Å². The molecule has 8 heteroatoms. The highest BCUT2D eigenvalue weighted by molar-refractivity contribution is 9.10. The van der Waals surface area contributed by atoms with Crippen molar-refractivity contribution < 1.29 is 19.1 Å². The van der Waals surface area contributed by atoms with E-state index in [1.54, 1.807) is 6.07 Å². The predicted molar refractivity (Wildman–Crippen MR) is 133 cm³/mol. The van der Waals surface area contributed by atoms with Crippen LogP contribution < -0.4 is 10.1 Å². The molecule has 0 unspecified atom stereocenters. The molecular weight excluding hydrogens is 514 g/mol. The third-order valence-electron chi connectivity index (χ3n) is 5.03. The molecule has 0 radical (unpaired) electrons. The number of methoxy groups -OCH3 is 1. The number of nitrogens with one attached hydrogen (secondary N) is 1. The minimum Gasteiger partial charge on any atom is -0.483 e. The van der Waals surface area contributed by atoms with Crippen LogP contribution in [0.5, 0.6) is 5.75 Å². The van der Waals surface area contributed by atoms with Crippen LogP contribution in [0.15, 0.2) is 40.2 Å². The number of hydrogen-bond donors (Lipinski definition) is 1. The number of carbonyl (C=O) groups is 2. The lowest BCUT2D eigenvalue weighted by Crippen LogP contribution is -2.21. The molecule has 5 nitrogen and oxygen atoms in total. The Labute approximate surface area is 204 Å². The van der Waals surface area contributed by atoms with Gasteiger partial charge in [-0.1, -0.05) is 42.8 Å². The molecule has 1 amide bonds. The topological polar surface area (TPSA) is 64.6 Å². The first-order valence-corrected chi connectivity index (χ1v) is 12.0. The van der Waals surface area contributed by atoms with Gasteiger partial charge in [0.15, 0.2) is 6.61 Å². The first-order chi connectivity index (χ1) is 15.3. The molecule has 1 heterocycles. The van der Waals surface area contributed by atoms with Gasteiger partial charge in [0.05, 0.1) is 11.6 Å². The number of halogens is 2. The summed E-state index contributed by atoms with van der Waals surface area (Å²) < 4.78 is 11.4. The largest absolute Gasteiger partial charge is 0.483 e. The second-order valence-electron chi connectivity index (χ2n) is 7.18. The molecule has 168 valence electrons. The van der Waals surface area contributed by atoms with E-state index in [2.05, 4.69) is 28.2 Å². The maximum atomic E-state index is 12.6. The number of amides is 1. The fourth-order valence-electron chi connectivity index (χ4n) is 3.20. The van der Waals surface area contributed by atoms with Crippen molar-refractivity contribution in [2.24, 2.45) is 0 Å². The second kappa shape index (κ2) is 10.5. The minimum absolute atomic E-state index is 0.224. The Morgan fingerprint density at radius 3 is 2.50 bits per heavy atom. The fraction of sp³-hybridized carbons (Fsp3) is 0.250. The minimum atomic E-state index is -0.510. The van der Waals surface area contributed by atoms with Gasteiger partial charge in [0.1, 0.15) is 16.3 Å². The fourth-order valence-corrected chi connectivity index (χ4v) is 4.86.